The van der Waals surface area contributed by atoms with Crippen molar-refractivity contribution in [1.82, 2.24) is 9.80 Å². The molecular formula is C20H18F3N3O4. The SMILES string of the molecule is O=C(Cc1ccc([N+](=O)[O-])cc1)N1CCN(C(=O)c2ccccc2C(F)(F)F)CC1. The Kier molecular flexibility index (Phi) is 6.04. The second-order valence-electron chi connectivity index (χ2n) is 6.82. The van der Waals surface area contributed by atoms with E-state index in [2.05, 4.69) is 0 Å². The number of nitro benzene ring substituents is 1. The van der Waals surface area contributed by atoms with Gasteiger partial charge in [-0.3, -0.25) is 19.7 Å². The van der Waals surface area contributed by atoms with Gasteiger partial charge in [-0.25, -0.2) is 0 Å². The average Bonchev–Trinajstić information content (AvgIpc) is 2.73. The molecule has 0 atom stereocenters. The van der Waals surface area contributed by atoms with Crippen LogP contribution in [0.1, 0.15) is 21.5 Å². The molecule has 2 aromatic rings. The minimum Gasteiger partial charge on any atom is -0.339 e. The number of nitrogens with zero attached hydrogens (tertiary/aromatic N) is 3. The van der Waals surface area contributed by atoms with Gasteiger partial charge in [0.2, 0.25) is 5.91 Å². The van der Waals surface area contributed by atoms with Crippen LogP contribution in [0.15, 0.2) is 48.5 Å². The van der Waals surface area contributed by atoms with E-state index in [0.29, 0.717) is 5.56 Å². The molecule has 0 bridgehead atoms. The number of hydrogen-bond acceptors (Lipinski definition) is 4. The van der Waals surface area contributed by atoms with Crippen LogP contribution in [0.25, 0.3) is 0 Å². The fourth-order valence-corrected chi connectivity index (χ4v) is 3.27. The van der Waals surface area contributed by atoms with Crippen molar-refractivity contribution in [3.8, 4) is 0 Å². The zero-order valence-corrected chi connectivity index (χ0v) is 15.8. The molecule has 0 spiro atoms. The summed E-state index contributed by atoms with van der Waals surface area (Å²) in [6.07, 6.45) is -4.59. The first-order valence-electron chi connectivity index (χ1n) is 9.13. The molecule has 1 aliphatic heterocycles. The van der Waals surface area contributed by atoms with Gasteiger partial charge in [-0.1, -0.05) is 24.3 Å². The molecule has 0 aromatic heterocycles. The third-order valence-electron chi connectivity index (χ3n) is 4.88. The zero-order valence-electron chi connectivity index (χ0n) is 15.8. The summed E-state index contributed by atoms with van der Waals surface area (Å²) < 4.78 is 39.5. The van der Waals surface area contributed by atoms with Gasteiger partial charge in [0, 0.05) is 38.3 Å². The highest BCUT2D eigenvalue weighted by atomic mass is 19.4. The topological polar surface area (TPSA) is 83.8 Å². The van der Waals surface area contributed by atoms with Gasteiger partial charge in [-0.15, -0.1) is 0 Å². The predicted molar refractivity (Wildman–Crippen MR) is 101 cm³/mol. The summed E-state index contributed by atoms with van der Waals surface area (Å²) in [5.41, 5.74) is -0.844. The van der Waals surface area contributed by atoms with Crippen LogP contribution >= 0.6 is 0 Å². The van der Waals surface area contributed by atoms with Gasteiger partial charge in [0.05, 0.1) is 22.5 Å². The summed E-state index contributed by atoms with van der Waals surface area (Å²) >= 11 is 0. The van der Waals surface area contributed by atoms with E-state index in [1.165, 1.54) is 46.2 Å². The van der Waals surface area contributed by atoms with Crippen LogP contribution in [0.4, 0.5) is 18.9 Å². The highest BCUT2D eigenvalue weighted by Gasteiger charge is 2.36. The van der Waals surface area contributed by atoms with Crippen molar-refractivity contribution in [3.63, 3.8) is 0 Å². The second-order valence-corrected chi connectivity index (χ2v) is 6.82. The Bertz CT molecular complexity index is 953. The normalized spacial score (nSPS) is 14.5. The summed E-state index contributed by atoms with van der Waals surface area (Å²) in [5, 5.41) is 10.7. The van der Waals surface area contributed by atoms with Crippen molar-refractivity contribution in [2.24, 2.45) is 0 Å². The van der Waals surface area contributed by atoms with Crippen molar-refractivity contribution >= 4 is 17.5 Å². The lowest BCUT2D eigenvalue weighted by Crippen LogP contribution is -2.51. The van der Waals surface area contributed by atoms with Crippen molar-refractivity contribution in [2.75, 3.05) is 26.2 Å². The number of amides is 2. The van der Waals surface area contributed by atoms with E-state index in [0.717, 1.165) is 12.1 Å². The van der Waals surface area contributed by atoms with Crippen molar-refractivity contribution in [3.05, 3.63) is 75.3 Å². The Hall–Kier alpha value is -3.43. The van der Waals surface area contributed by atoms with E-state index in [4.69, 9.17) is 0 Å². The van der Waals surface area contributed by atoms with Crippen LogP contribution in [0.3, 0.4) is 0 Å². The number of carbonyl (C=O) groups excluding carboxylic acids is 2. The molecule has 0 radical (unpaired) electrons. The van der Waals surface area contributed by atoms with Crippen LogP contribution in [0.5, 0.6) is 0 Å². The lowest BCUT2D eigenvalue weighted by molar-refractivity contribution is -0.384. The maximum absolute atomic E-state index is 13.2. The number of non-ortho nitro benzene ring substituents is 1. The molecule has 158 valence electrons. The van der Waals surface area contributed by atoms with Gasteiger partial charge in [0.25, 0.3) is 11.6 Å². The lowest BCUT2D eigenvalue weighted by Gasteiger charge is -2.35. The average molecular weight is 421 g/mol. The molecular weight excluding hydrogens is 403 g/mol. The van der Waals surface area contributed by atoms with Gasteiger partial charge in [-0.05, 0) is 17.7 Å². The lowest BCUT2D eigenvalue weighted by atomic mass is 10.1. The number of alkyl halides is 3. The number of rotatable bonds is 4. The molecule has 2 aromatic carbocycles. The molecule has 0 saturated carbocycles. The number of piperazine rings is 1. The number of carbonyl (C=O) groups is 2. The van der Waals surface area contributed by atoms with E-state index in [9.17, 15) is 32.9 Å². The van der Waals surface area contributed by atoms with Crippen LogP contribution < -0.4 is 0 Å². The van der Waals surface area contributed by atoms with E-state index in [-0.39, 0.29) is 44.2 Å². The fraction of sp³-hybridized carbons (Fsp3) is 0.300. The Morgan fingerprint density at radius 2 is 1.50 bits per heavy atom. The third kappa shape index (κ3) is 4.76. The number of nitro groups is 1. The monoisotopic (exact) mass is 421 g/mol. The predicted octanol–water partition coefficient (Wildman–Crippen LogP) is 3.14. The van der Waals surface area contributed by atoms with Gasteiger partial charge in [0.15, 0.2) is 0 Å². The van der Waals surface area contributed by atoms with Gasteiger partial charge in [-0.2, -0.15) is 13.2 Å². The van der Waals surface area contributed by atoms with Gasteiger partial charge >= 0.3 is 6.18 Å². The number of hydrogen-bond donors (Lipinski definition) is 0. The summed E-state index contributed by atoms with van der Waals surface area (Å²) in [5.74, 6) is -0.933. The molecule has 1 fully saturated rings. The van der Waals surface area contributed by atoms with Gasteiger partial charge in [0.1, 0.15) is 0 Å². The molecule has 1 saturated heterocycles. The summed E-state index contributed by atoms with van der Waals surface area (Å²) in [6.45, 7) is 0.644. The van der Waals surface area contributed by atoms with Crippen LogP contribution in [0, 0.1) is 10.1 Å². The second kappa shape index (κ2) is 8.52. The molecule has 10 heteroatoms. The van der Waals surface area contributed by atoms with E-state index in [1.807, 2.05) is 0 Å². The summed E-state index contributed by atoms with van der Waals surface area (Å²) in [4.78, 5) is 38.0. The fourth-order valence-electron chi connectivity index (χ4n) is 3.27. The minimum absolute atomic E-state index is 0.0445. The first-order valence-corrected chi connectivity index (χ1v) is 9.13. The quantitative estimate of drug-likeness (QED) is 0.561. The van der Waals surface area contributed by atoms with Crippen molar-refractivity contribution in [2.45, 2.75) is 12.6 Å². The van der Waals surface area contributed by atoms with Crippen molar-refractivity contribution < 1.29 is 27.7 Å². The first kappa shape index (κ1) is 21.3. The number of halogens is 3. The molecule has 1 aliphatic rings. The van der Waals surface area contributed by atoms with Crippen molar-refractivity contribution in [1.29, 1.82) is 0 Å². The standard InChI is InChI=1S/C20H18F3N3O4/c21-20(22,23)17-4-2-1-3-16(17)19(28)25-11-9-24(10-12-25)18(27)13-14-5-7-15(8-6-14)26(29)30/h1-8H,9-13H2. The smallest absolute Gasteiger partial charge is 0.339 e. The minimum atomic E-state index is -4.63. The first-order chi connectivity index (χ1) is 14.2. The Balaban J connectivity index is 1.60. The molecule has 0 N–H and O–H groups in total. The highest BCUT2D eigenvalue weighted by Crippen LogP contribution is 2.32. The largest absolute Gasteiger partial charge is 0.417 e. The summed E-state index contributed by atoms with van der Waals surface area (Å²) in [7, 11) is 0. The maximum atomic E-state index is 13.2. The van der Waals surface area contributed by atoms with Crippen LogP contribution in [0.2, 0.25) is 0 Å². The maximum Gasteiger partial charge on any atom is 0.417 e. The Labute approximate surface area is 169 Å². The van der Waals surface area contributed by atoms with Gasteiger partial charge < -0.3 is 9.80 Å². The molecule has 3 rings (SSSR count). The van der Waals surface area contributed by atoms with Crippen LogP contribution in [-0.4, -0.2) is 52.7 Å². The molecule has 1 heterocycles. The molecule has 30 heavy (non-hydrogen) atoms. The van der Waals surface area contributed by atoms with E-state index < -0.39 is 28.1 Å². The molecule has 0 unspecified atom stereocenters. The zero-order chi connectivity index (χ0) is 21.9. The highest BCUT2D eigenvalue weighted by molar-refractivity contribution is 5.96. The third-order valence-corrected chi connectivity index (χ3v) is 4.88. The van der Waals surface area contributed by atoms with Crippen LogP contribution in [-0.2, 0) is 17.4 Å². The molecule has 2 amide bonds. The molecule has 7 nitrogen and oxygen atoms in total. The Morgan fingerprint density at radius 1 is 0.933 bits per heavy atom. The van der Waals surface area contributed by atoms with E-state index in [1.54, 1.807) is 0 Å². The Morgan fingerprint density at radius 3 is 2.07 bits per heavy atom. The number of benzene rings is 2. The van der Waals surface area contributed by atoms with E-state index >= 15 is 0 Å². The molecule has 0 aliphatic carbocycles. The summed E-state index contributed by atoms with van der Waals surface area (Å²) in [6, 6.07) is 10.3.